The molecule has 0 unspecified atom stereocenters. The number of hydrogen-bond donors (Lipinski definition) is 3. The molecule has 3 rings (SSSR count). The van der Waals surface area contributed by atoms with E-state index < -0.39 is 23.9 Å². The predicted octanol–water partition coefficient (Wildman–Crippen LogP) is 0.833. The molecule has 0 saturated carbocycles. The molecule has 0 radical (unpaired) electrons. The molecule has 3 N–H and O–H groups in total. The van der Waals surface area contributed by atoms with Crippen molar-refractivity contribution in [2.45, 2.75) is 17.7 Å². The molecule has 0 aliphatic rings. The number of nitrogens with zero attached hydrogens (tertiary/aromatic N) is 3. The van der Waals surface area contributed by atoms with Gasteiger partial charge in [-0.15, -0.1) is 0 Å². The number of rotatable bonds is 6. The Kier molecular flexibility index (Phi) is 5.03. The van der Waals surface area contributed by atoms with E-state index in [0.29, 0.717) is 10.8 Å². The SMILES string of the molecule is Cc1cccc(CSc2cc(=O)c(C(=O)NCC(=O)O)c3nc[nH]n23)n1. The fourth-order valence-electron chi connectivity index (χ4n) is 2.36. The minimum Gasteiger partial charge on any atom is -0.480 e. The van der Waals surface area contributed by atoms with Crippen molar-refractivity contribution in [2.24, 2.45) is 0 Å². The number of aromatic nitrogens is 4. The van der Waals surface area contributed by atoms with Crippen LogP contribution >= 0.6 is 11.8 Å². The molecule has 0 saturated heterocycles. The first kappa shape index (κ1) is 17.7. The lowest BCUT2D eigenvalue weighted by Gasteiger charge is -2.08. The van der Waals surface area contributed by atoms with Gasteiger partial charge in [0.1, 0.15) is 23.5 Å². The number of thioether (sulfide) groups is 1. The van der Waals surface area contributed by atoms with Gasteiger partial charge in [0, 0.05) is 17.5 Å². The van der Waals surface area contributed by atoms with Crippen molar-refractivity contribution in [1.29, 1.82) is 0 Å². The third-order valence-corrected chi connectivity index (χ3v) is 4.51. The Labute approximate surface area is 151 Å². The van der Waals surface area contributed by atoms with E-state index in [9.17, 15) is 14.4 Å². The van der Waals surface area contributed by atoms with Gasteiger partial charge in [-0.3, -0.25) is 24.5 Å². The van der Waals surface area contributed by atoms with Gasteiger partial charge in [-0.25, -0.2) is 9.50 Å². The van der Waals surface area contributed by atoms with Crippen molar-refractivity contribution in [3.8, 4) is 0 Å². The summed E-state index contributed by atoms with van der Waals surface area (Å²) in [5.74, 6) is -1.44. The summed E-state index contributed by atoms with van der Waals surface area (Å²) in [6.45, 7) is 1.32. The summed E-state index contributed by atoms with van der Waals surface area (Å²) in [5.41, 5.74) is 1.17. The monoisotopic (exact) mass is 373 g/mol. The van der Waals surface area contributed by atoms with Gasteiger partial charge in [-0.2, -0.15) is 0 Å². The zero-order valence-corrected chi connectivity index (χ0v) is 14.5. The quantitative estimate of drug-likeness (QED) is 0.546. The highest BCUT2D eigenvalue weighted by molar-refractivity contribution is 7.98. The van der Waals surface area contributed by atoms with Crippen LogP contribution in [-0.4, -0.2) is 43.1 Å². The van der Waals surface area contributed by atoms with Crippen LogP contribution in [0.2, 0.25) is 0 Å². The number of pyridine rings is 2. The number of carboxylic acid groups (broad SMARTS) is 1. The van der Waals surface area contributed by atoms with E-state index in [1.807, 2.05) is 25.1 Å². The van der Waals surface area contributed by atoms with E-state index >= 15 is 0 Å². The van der Waals surface area contributed by atoms with Gasteiger partial charge in [0.25, 0.3) is 5.91 Å². The number of carboxylic acids is 1. The molecule has 0 aliphatic heterocycles. The smallest absolute Gasteiger partial charge is 0.322 e. The number of H-pyrrole nitrogens is 1. The maximum absolute atomic E-state index is 12.4. The first-order chi connectivity index (χ1) is 12.5. The molecule has 3 heterocycles. The number of carbonyl (C=O) groups is 2. The minimum atomic E-state index is -1.20. The minimum absolute atomic E-state index is 0.139. The summed E-state index contributed by atoms with van der Waals surface area (Å²) in [6.07, 6.45) is 1.36. The lowest BCUT2D eigenvalue weighted by Crippen LogP contribution is -2.33. The maximum Gasteiger partial charge on any atom is 0.322 e. The molecule has 3 aromatic rings. The molecule has 0 aromatic carbocycles. The van der Waals surface area contributed by atoms with Gasteiger partial charge in [-0.1, -0.05) is 17.8 Å². The highest BCUT2D eigenvalue weighted by atomic mass is 32.2. The second kappa shape index (κ2) is 7.40. The Morgan fingerprint density at radius 2 is 2.19 bits per heavy atom. The van der Waals surface area contributed by atoms with Crippen LogP contribution < -0.4 is 10.7 Å². The number of carbonyl (C=O) groups excluding carboxylic acids is 1. The Hall–Kier alpha value is -3.14. The van der Waals surface area contributed by atoms with Crippen molar-refractivity contribution < 1.29 is 14.7 Å². The van der Waals surface area contributed by atoms with Crippen LogP contribution in [0.25, 0.3) is 5.65 Å². The maximum atomic E-state index is 12.4. The van der Waals surface area contributed by atoms with Gasteiger partial charge < -0.3 is 10.4 Å². The molecule has 1 amide bonds. The third-order valence-electron chi connectivity index (χ3n) is 3.47. The van der Waals surface area contributed by atoms with Crippen LogP contribution in [-0.2, 0) is 10.5 Å². The molecule has 134 valence electrons. The Balaban J connectivity index is 1.90. The predicted molar refractivity (Wildman–Crippen MR) is 94.3 cm³/mol. The molecule has 0 aliphatic carbocycles. The normalized spacial score (nSPS) is 10.8. The topological polar surface area (TPSA) is 129 Å². The van der Waals surface area contributed by atoms with E-state index in [2.05, 4.69) is 20.4 Å². The first-order valence-corrected chi connectivity index (χ1v) is 8.58. The number of nitrogens with one attached hydrogen (secondary N) is 2. The van der Waals surface area contributed by atoms with Crippen molar-refractivity contribution in [2.75, 3.05) is 6.54 Å². The van der Waals surface area contributed by atoms with Crippen LogP contribution in [0.15, 0.2) is 40.4 Å². The van der Waals surface area contributed by atoms with Gasteiger partial charge >= 0.3 is 5.97 Å². The molecule has 26 heavy (non-hydrogen) atoms. The largest absolute Gasteiger partial charge is 0.480 e. The summed E-state index contributed by atoms with van der Waals surface area (Å²) < 4.78 is 1.51. The van der Waals surface area contributed by atoms with Gasteiger partial charge in [0.05, 0.1) is 5.69 Å². The Morgan fingerprint density at radius 3 is 2.92 bits per heavy atom. The highest BCUT2D eigenvalue weighted by Crippen LogP contribution is 2.22. The summed E-state index contributed by atoms with van der Waals surface area (Å²) in [6, 6.07) is 7.02. The summed E-state index contributed by atoms with van der Waals surface area (Å²) >= 11 is 1.37. The summed E-state index contributed by atoms with van der Waals surface area (Å²) in [5, 5.41) is 14.3. The molecule has 0 bridgehead atoms. The molecular formula is C16H15N5O4S. The van der Waals surface area contributed by atoms with Crippen LogP contribution in [0, 0.1) is 6.92 Å². The molecule has 0 spiro atoms. The number of amides is 1. The van der Waals surface area contributed by atoms with Crippen molar-refractivity contribution in [1.82, 2.24) is 24.9 Å². The third kappa shape index (κ3) is 3.75. The highest BCUT2D eigenvalue weighted by Gasteiger charge is 2.19. The van der Waals surface area contributed by atoms with E-state index in [1.54, 1.807) is 0 Å². The summed E-state index contributed by atoms with van der Waals surface area (Å²) in [7, 11) is 0. The number of aromatic amines is 1. The van der Waals surface area contributed by atoms with Gasteiger partial charge in [0.15, 0.2) is 11.1 Å². The number of aliphatic carboxylic acids is 1. The van der Waals surface area contributed by atoms with E-state index in [4.69, 9.17) is 5.11 Å². The van der Waals surface area contributed by atoms with Gasteiger partial charge in [0.2, 0.25) is 0 Å². The first-order valence-electron chi connectivity index (χ1n) is 7.60. The van der Waals surface area contributed by atoms with E-state index in [0.717, 1.165) is 11.4 Å². The zero-order valence-electron chi connectivity index (χ0n) is 13.7. The molecule has 9 nitrogen and oxygen atoms in total. The second-order valence-corrected chi connectivity index (χ2v) is 6.40. The molecule has 10 heteroatoms. The Morgan fingerprint density at radius 1 is 1.38 bits per heavy atom. The molecule has 3 aromatic heterocycles. The van der Waals surface area contributed by atoms with Crippen molar-refractivity contribution in [3.63, 3.8) is 0 Å². The number of fused-ring (bicyclic) bond motifs is 1. The van der Waals surface area contributed by atoms with E-state index in [-0.39, 0.29) is 11.2 Å². The molecular weight excluding hydrogens is 358 g/mol. The lowest BCUT2D eigenvalue weighted by molar-refractivity contribution is -0.135. The van der Waals surface area contributed by atoms with Crippen LogP contribution in [0.3, 0.4) is 0 Å². The average molecular weight is 373 g/mol. The van der Waals surface area contributed by atoms with Crippen LogP contribution in [0.4, 0.5) is 0 Å². The fourth-order valence-corrected chi connectivity index (χ4v) is 3.28. The molecule has 0 atom stereocenters. The van der Waals surface area contributed by atoms with Crippen molar-refractivity contribution in [3.05, 3.63) is 57.8 Å². The van der Waals surface area contributed by atoms with Crippen LogP contribution in [0.5, 0.6) is 0 Å². The Bertz CT molecular complexity index is 1040. The van der Waals surface area contributed by atoms with Gasteiger partial charge in [-0.05, 0) is 19.1 Å². The lowest BCUT2D eigenvalue weighted by atomic mass is 10.2. The zero-order chi connectivity index (χ0) is 18.7. The van der Waals surface area contributed by atoms with Crippen molar-refractivity contribution >= 4 is 29.3 Å². The second-order valence-electron chi connectivity index (χ2n) is 5.40. The number of hydrogen-bond acceptors (Lipinski definition) is 6. The number of aryl methyl sites for hydroxylation is 1. The standard InChI is InChI=1S/C16H15N5O4S/c1-9-3-2-4-10(20-9)7-26-12-5-11(22)14(15-18-8-19-21(12)15)16(25)17-6-13(23)24/h2-5,8H,6-7H2,1H3,(H,17,25)(H,18,19)(H,23,24). The van der Waals surface area contributed by atoms with Crippen LogP contribution in [0.1, 0.15) is 21.7 Å². The summed E-state index contributed by atoms with van der Waals surface area (Å²) in [4.78, 5) is 43.6. The fraction of sp³-hybridized carbons (Fsp3) is 0.188. The average Bonchev–Trinajstić information content (AvgIpc) is 3.07. The molecule has 0 fully saturated rings. The van der Waals surface area contributed by atoms with E-state index in [1.165, 1.54) is 28.7 Å².